The molecule has 5 saturated carbocycles. The number of fused-ring (bicyclic) bond motifs is 1. The van der Waals surface area contributed by atoms with Gasteiger partial charge in [-0.15, -0.1) is 10.2 Å². The van der Waals surface area contributed by atoms with Crippen LogP contribution in [-0.2, 0) is 0 Å². The van der Waals surface area contributed by atoms with Gasteiger partial charge in [-0.05, 0) is 117 Å². The highest BCUT2D eigenvalue weighted by atomic mass is 35.5. The molecule has 0 unspecified atom stereocenters. The molecule has 0 amide bonds. The minimum absolute atomic E-state index is 0.321. The summed E-state index contributed by atoms with van der Waals surface area (Å²) >= 11 is 6.22. The molecule has 1 saturated heterocycles. The molecule has 3 atom stereocenters. The molecule has 4 bridgehead atoms. The molecule has 180 valence electrons. The van der Waals surface area contributed by atoms with Crippen molar-refractivity contribution in [3.8, 4) is 11.3 Å². The summed E-state index contributed by atoms with van der Waals surface area (Å²) in [4.78, 5) is 2.84. The third-order valence-corrected chi connectivity index (χ3v) is 10.1. The van der Waals surface area contributed by atoms with E-state index in [-0.39, 0.29) is 5.82 Å². The summed E-state index contributed by atoms with van der Waals surface area (Å²) in [6.45, 7) is 3.94. The zero-order valence-corrected chi connectivity index (χ0v) is 20.5. The first-order valence-electron chi connectivity index (χ1n) is 13.3. The van der Waals surface area contributed by atoms with Crippen molar-refractivity contribution < 1.29 is 4.39 Å². The third kappa shape index (κ3) is 3.93. The van der Waals surface area contributed by atoms with E-state index in [0.29, 0.717) is 27.7 Å². The second kappa shape index (κ2) is 8.16. The van der Waals surface area contributed by atoms with E-state index in [1.165, 1.54) is 83.1 Å². The van der Waals surface area contributed by atoms with Crippen molar-refractivity contribution in [3.05, 3.63) is 41.2 Å². The van der Waals surface area contributed by atoms with Crippen molar-refractivity contribution in [2.45, 2.75) is 57.4 Å². The summed E-state index contributed by atoms with van der Waals surface area (Å²) in [5, 5.41) is 12.8. The maximum absolute atomic E-state index is 13.6. The molecule has 6 aliphatic rings. The number of anilines is 1. The number of nitrogens with one attached hydrogen (secondary N) is 1. The molecule has 0 radical (unpaired) electrons. The Bertz CT molecular complexity index is 1020. The fourth-order valence-electron chi connectivity index (χ4n) is 9.06. The summed E-state index contributed by atoms with van der Waals surface area (Å²) in [6, 6.07) is 8.61. The van der Waals surface area contributed by atoms with Crippen LogP contribution in [0.15, 0.2) is 30.3 Å². The van der Waals surface area contributed by atoms with Crippen LogP contribution in [0.5, 0.6) is 0 Å². The van der Waals surface area contributed by atoms with Crippen LogP contribution in [0.4, 0.5) is 10.2 Å². The van der Waals surface area contributed by atoms with Gasteiger partial charge in [-0.25, -0.2) is 4.39 Å². The minimum Gasteiger partial charge on any atom is -0.366 e. The summed E-state index contributed by atoms with van der Waals surface area (Å²) in [5.41, 5.74) is 1.83. The molecule has 1 aromatic heterocycles. The lowest BCUT2D eigenvalue weighted by Gasteiger charge is -2.57. The molecule has 5 aliphatic carbocycles. The van der Waals surface area contributed by atoms with Crippen molar-refractivity contribution >= 4 is 17.4 Å². The Morgan fingerprint density at radius 1 is 0.912 bits per heavy atom. The number of hydrogen-bond acceptors (Lipinski definition) is 4. The van der Waals surface area contributed by atoms with E-state index >= 15 is 0 Å². The first kappa shape index (κ1) is 21.6. The van der Waals surface area contributed by atoms with Crippen molar-refractivity contribution in [2.24, 2.45) is 35.0 Å². The lowest BCUT2D eigenvalue weighted by molar-refractivity contribution is -0.0672. The molecule has 6 fully saturated rings. The average molecular weight is 481 g/mol. The zero-order chi connectivity index (χ0) is 22.9. The Labute approximate surface area is 206 Å². The second-order valence-corrected chi connectivity index (χ2v) is 12.8. The van der Waals surface area contributed by atoms with Crippen molar-refractivity contribution in [1.82, 2.24) is 15.1 Å². The molecule has 8 rings (SSSR count). The smallest absolute Gasteiger partial charge is 0.148 e. The van der Waals surface area contributed by atoms with Gasteiger partial charge in [-0.3, -0.25) is 0 Å². The van der Waals surface area contributed by atoms with E-state index in [0.717, 1.165) is 35.4 Å². The van der Waals surface area contributed by atoms with Crippen molar-refractivity contribution in [1.29, 1.82) is 0 Å². The predicted molar refractivity (Wildman–Crippen MR) is 133 cm³/mol. The fourth-order valence-corrected chi connectivity index (χ4v) is 9.27. The molecule has 1 aromatic carbocycles. The summed E-state index contributed by atoms with van der Waals surface area (Å²) < 4.78 is 13.6. The summed E-state index contributed by atoms with van der Waals surface area (Å²) in [7, 11) is 0. The Morgan fingerprint density at radius 3 is 2.21 bits per heavy atom. The molecule has 1 N–H and O–H groups in total. The van der Waals surface area contributed by atoms with E-state index in [4.69, 9.17) is 11.6 Å². The maximum atomic E-state index is 13.6. The number of aromatic nitrogens is 2. The van der Waals surface area contributed by atoms with Gasteiger partial charge < -0.3 is 10.2 Å². The monoisotopic (exact) mass is 480 g/mol. The number of likely N-dealkylation sites (tertiary alicyclic amines) is 1. The van der Waals surface area contributed by atoms with E-state index in [1.54, 1.807) is 6.07 Å². The van der Waals surface area contributed by atoms with E-state index in [2.05, 4.69) is 20.4 Å². The highest BCUT2D eigenvalue weighted by Gasteiger charge is 2.52. The largest absolute Gasteiger partial charge is 0.366 e. The van der Waals surface area contributed by atoms with Gasteiger partial charge in [0, 0.05) is 31.2 Å². The Kier molecular flexibility index (Phi) is 5.17. The third-order valence-electron chi connectivity index (χ3n) is 9.77. The highest BCUT2D eigenvalue weighted by molar-refractivity contribution is 6.33. The second-order valence-electron chi connectivity index (χ2n) is 12.4. The highest BCUT2D eigenvalue weighted by Crippen LogP contribution is 2.60. The van der Waals surface area contributed by atoms with Crippen LogP contribution < -0.4 is 5.32 Å². The van der Waals surface area contributed by atoms with Crippen LogP contribution in [-0.4, -0.2) is 40.8 Å². The lowest BCUT2D eigenvalue weighted by atomic mass is 9.49. The minimum atomic E-state index is -0.321. The van der Waals surface area contributed by atoms with E-state index in [1.807, 2.05) is 12.1 Å². The maximum Gasteiger partial charge on any atom is 0.148 e. The Morgan fingerprint density at radius 2 is 1.59 bits per heavy atom. The number of rotatable bonds is 5. The van der Waals surface area contributed by atoms with Gasteiger partial charge in [0.2, 0.25) is 0 Å². The molecule has 1 aliphatic heterocycles. The zero-order valence-electron chi connectivity index (χ0n) is 19.7. The molecule has 2 heterocycles. The lowest BCUT2D eigenvalue weighted by Crippen LogP contribution is -2.51. The number of halogens is 2. The predicted octanol–water partition coefficient (Wildman–Crippen LogP) is 6.27. The molecule has 4 nitrogen and oxygen atoms in total. The summed E-state index contributed by atoms with van der Waals surface area (Å²) in [6.07, 6.45) is 11.6. The Balaban J connectivity index is 0.950. The SMILES string of the molecule is Fc1ccc(Cl)c(-c2ccc(N[C@@H]3C[C@@H]4CN(CC56CC7CC(CC(C7)C5)C6)C[C@@H]4C3)nn2)c1. The number of nitrogens with zero attached hydrogens (tertiary/aromatic N) is 3. The van der Waals surface area contributed by atoms with Gasteiger partial charge in [0.05, 0.1) is 10.7 Å². The van der Waals surface area contributed by atoms with Gasteiger partial charge in [0.15, 0.2) is 0 Å². The van der Waals surface area contributed by atoms with Gasteiger partial charge in [-0.2, -0.15) is 0 Å². The molecular weight excluding hydrogens is 447 g/mol. The van der Waals surface area contributed by atoms with Crippen LogP contribution in [0.1, 0.15) is 51.4 Å². The first-order chi connectivity index (χ1) is 16.5. The molecular formula is C28H34ClFN4. The van der Waals surface area contributed by atoms with Gasteiger partial charge in [0.25, 0.3) is 0 Å². The standard InChI is InChI=1S/C28H34ClFN4/c29-25-2-1-22(30)10-24(25)26-3-4-27(33-32-26)31-23-8-20-14-34(15-21(20)9-23)16-28-11-17-5-18(12-28)7-19(6-17)13-28/h1-4,10,17-21,23H,5-9,11-16H2,(H,31,33)/t17?,18?,19?,20-,21+,23-,28?. The van der Waals surface area contributed by atoms with Gasteiger partial charge >= 0.3 is 0 Å². The number of hydrogen-bond donors (Lipinski definition) is 1. The summed E-state index contributed by atoms with van der Waals surface area (Å²) in [5.74, 6) is 5.24. The first-order valence-corrected chi connectivity index (χ1v) is 13.7. The quantitative estimate of drug-likeness (QED) is 0.547. The van der Waals surface area contributed by atoms with Crippen LogP contribution >= 0.6 is 11.6 Å². The van der Waals surface area contributed by atoms with E-state index < -0.39 is 0 Å². The fraction of sp³-hybridized carbons (Fsp3) is 0.643. The Hall–Kier alpha value is -1.72. The topological polar surface area (TPSA) is 41.0 Å². The molecule has 6 heteroatoms. The van der Waals surface area contributed by atoms with Gasteiger partial charge in [-0.1, -0.05) is 11.6 Å². The normalized spacial score (nSPS) is 38.4. The van der Waals surface area contributed by atoms with Crippen molar-refractivity contribution in [2.75, 3.05) is 25.0 Å². The van der Waals surface area contributed by atoms with Crippen LogP contribution in [0.2, 0.25) is 5.02 Å². The van der Waals surface area contributed by atoms with Crippen LogP contribution in [0, 0.1) is 40.8 Å². The van der Waals surface area contributed by atoms with Crippen LogP contribution in [0.3, 0.4) is 0 Å². The van der Waals surface area contributed by atoms with Gasteiger partial charge in [0.1, 0.15) is 11.6 Å². The molecule has 2 aromatic rings. The number of benzene rings is 1. The molecule has 0 spiro atoms. The molecule has 34 heavy (non-hydrogen) atoms. The van der Waals surface area contributed by atoms with Crippen LogP contribution in [0.25, 0.3) is 11.3 Å². The van der Waals surface area contributed by atoms with E-state index in [9.17, 15) is 4.39 Å². The average Bonchev–Trinajstić information content (AvgIpc) is 3.32. The van der Waals surface area contributed by atoms with Crippen molar-refractivity contribution in [3.63, 3.8) is 0 Å².